The van der Waals surface area contributed by atoms with E-state index < -0.39 is 28.4 Å². The number of nitrogens with zero attached hydrogens (tertiary/aromatic N) is 1. The largest absolute Gasteiger partial charge is 0.416 e. The number of hydrogen-bond acceptors (Lipinski definition) is 3. The maximum Gasteiger partial charge on any atom is 0.416 e. The molecule has 160 valence electrons. The van der Waals surface area contributed by atoms with Gasteiger partial charge in [-0.25, -0.2) is 12.8 Å². The Balaban J connectivity index is 0.00000300. The third-order valence-corrected chi connectivity index (χ3v) is 6.14. The van der Waals surface area contributed by atoms with Crippen LogP contribution in [0.2, 0.25) is 0 Å². The van der Waals surface area contributed by atoms with Crippen molar-refractivity contribution in [2.24, 2.45) is 0 Å². The van der Waals surface area contributed by atoms with Gasteiger partial charge in [-0.2, -0.15) is 13.2 Å². The van der Waals surface area contributed by atoms with Crippen molar-refractivity contribution in [3.8, 4) is 0 Å². The van der Waals surface area contributed by atoms with Crippen LogP contribution in [0.1, 0.15) is 16.7 Å². The van der Waals surface area contributed by atoms with E-state index in [0.717, 1.165) is 48.4 Å². The van der Waals surface area contributed by atoms with Crippen molar-refractivity contribution in [3.05, 3.63) is 59.2 Å². The maximum atomic E-state index is 12.6. The van der Waals surface area contributed by atoms with E-state index in [-0.39, 0.29) is 17.3 Å². The molecule has 0 bridgehead atoms. The fourth-order valence-corrected chi connectivity index (χ4v) is 4.26. The minimum Gasteiger partial charge on any atom is -0.300 e. The number of halogens is 5. The van der Waals surface area contributed by atoms with Gasteiger partial charge in [0.1, 0.15) is 6.67 Å². The summed E-state index contributed by atoms with van der Waals surface area (Å²) in [5.41, 5.74) is 1.50. The Morgan fingerprint density at radius 3 is 2.17 bits per heavy atom. The Morgan fingerprint density at radius 2 is 1.59 bits per heavy atom. The van der Waals surface area contributed by atoms with E-state index in [2.05, 4.69) is 4.72 Å². The van der Waals surface area contributed by atoms with Gasteiger partial charge in [-0.3, -0.25) is 4.72 Å². The molecule has 29 heavy (non-hydrogen) atoms. The van der Waals surface area contributed by atoms with Crippen LogP contribution in [-0.2, 0) is 29.0 Å². The molecule has 2 aromatic carbocycles. The lowest BCUT2D eigenvalue weighted by Gasteiger charge is -2.17. The normalized spacial score (nSPS) is 15.2. The average Bonchev–Trinajstić information content (AvgIpc) is 2.83. The lowest BCUT2D eigenvalue weighted by atomic mass is 10.0. The third-order valence-electron chi connectivity index (χ3n) is 4.75. The monoisotopic (exact) mass is 452 g/mol. The van der Waals surface area contributed by atoms with Crippen molar-refractivity contribution < 1.29 is 26.0 Å². The van der Waals surface area contributed by atoms with Gasteiger partial charge < -0.3 is 4.90 Å². The standard InChI is InChI=1S/C19H20F4N2O2S.ClH/c20-9-12-25-10-7-14-1-4-17(13-15(14)8-11-25)24-28(26,27)18-5-2-16(3-6-18)19(21,22)23;/h1-6,13,24H,7-12H2;1H. The molecule has 0 saturated carbocycles. The molecule has 0 radical (unpaired) electrons. The number of fused-ring (bicyclic) bond motifs is 1. The van der Waals surface area contributed by atoms with Crippen molar-refractivity contribution in [1.29, 1.82) is 0 Å². The third kappa shape index (κ3) is 5.83. The van der Waals surface area contributed by atoms with Crippen molar-refractivity contribution in [3.63, 3.8) is 0 Å². The van der Waals surface area contributed by atoms with Gasteiger partial charge in [0.15, 0.2) is 0 Å². The zero-order valence-corrected chi connectivity index (χ0v) is 17.0. The van der Waals surface area contributed by atoms with Crippen LogP contribution in [0.3, 0.4) is 0 Å². The highest BCUT2D eigenvalue weighted by molar-refractivity contribution is 7.92. The average molecular weight is 453 g/mol. The van der Waals surface area contributed by atoms with Crippen LogP contribution in [0, 0.1) is 0 Å². The van der Waals surface area contributed by atoms with E-state index in [4.69, 9.17) is 0 Å². The molecule has 4 nitrogen and oxygen atoms in total. The Bertz CT molecular complexity index is 934. The Kier molecular flexibility index (Phi) is 7.53. The molecule has 0 fully saturated rings. The van der Waals surface area contributed by atoms with Gasteiger partial charge in [0.05, 0.1) is 10.5 Å². The van der Waals surface area contributed by atoms with Crippen molar-refractivity contribution in [2.45, 2.75) is 23.9 Å². The van der Waals surface area contributed by atoms with E-state index in [1.165, 1.54) is 0 Å². The predicted molar refractivity (Wildman–Crippen MR) is 106 cm³/mol. The first kappa shape index (κ1) is 23.4. The summed E-state index contributed by atoms with van der Waals surface area (Å²) < 4.78 is 77.9. The highest BCUT2D eigenvalue weighted by Crippen LogP contribution is 2.30. The fraction of sp³-hybridized carbons (Fsp3) is 0.368. The van der Waals surface area contributed by atoms with Crippen LogP contribution in [-0.4, -0.2) is 39.6 Å². The molecular weight excluding hydrogens is 432 g/mol. The number of anilines is 1. The number of alkyl halides is 4. The summed E-state index contributed by atoms with van der Waals surface area (Å²) in [5, 5.41) is 0. The quantitative estimate of drug-likeness (QED) is 0.688. The number of nitrogens with one attached hydrogen (secondary N) is 1. The van der Waals surface area contributed by atoms with Crippen LogP contribution in [0.25, 0.3) is 0 Å². The molecule has 0 amide bonds. The second-order valence-corrected chi connectivity index (χ2v) is 8.32. The second kappa shape index (κ2) is 9.32. The first-order chi connectivity index (χ1) is 13.2. The molecule has 10 heteroatoms. The summed E-state index contributed by atoms with van der Waals surface area (Å²) in [5.74, 6) is 0. The SMILES string of the molecule is Cl.O=S(=O)(Nc1ccc2c(c1)CCN(CCF)CC2)c1ccc(C(F)(F)F)cc1. The first-order valence-corrected chi connectivity index (χ1v) is 10.3. The number of sulfonamides is 1. The summed E-state index contributed by atoms with van der Waals surface area (Å²) in [4.78, 5) is 1.77. The van der Waals surface area contributed by atoms with Crippen LogP contribution in [0.4, 0.5) is 23.2 Å². The van der Waals surface area contributed by atoms with Crippen LogP contribution >= 0.6 is 12.4 Å². The molecule has 0 atom stereocenters. The van der Waals surface area contributed by atoms with E-state index in [9.17, 15) is 26.0 Å². The van der Waals surface area contributed by atoms with Crippen molar-refractivity contribution in [1.82, 2.24) is 4.90 Å². The first-order valence-electron chi connectivity index (χ1n) is 8.79. The highest BCUT2D eigenvalue weighted by Gasteiger charge is 2.30. The second-order valence-electron chi connectivity index (χ2n) is 6.64. The highest BCUT2D eigenvalue weighted by atomic mass is 35.5. The molecule has 2 aromatic rings. The van der Waals surface area contributed by atoms with Gasteiger partial charge in [-0.15, -0.1) is 12.4 Å². The van der Waals surface area contributed by atoms with Gasteiger partial charge in [0, 0.05) is 25.3 Å². The van der Waals surface area contributed by atoms with Crippen LogP contribution in [0.15, 0.2) is 47.4 Å². The summed E-state index contributed by atoms with van der Waals surface area (Å²) in [6, 6.07) is 8.54. The molecule has 1 N–H and O–H groups in total. The summed E-state index contributed by atoms with van der Waals surface area (Å²) in [7, 11) is -4.01. The van der Waals surface area contributed by atoms with Crippen molar-refractivity contribution >= 4 is 28.1 Å². The number of hydrogen-bond donors (Lipinski definition) is 1. The lowest BCUT2D eigenvalue weighted by Crippen LogP contribution is -2.28. The van der Waals surface area contributed by atoms with Gasteiger partial charge >= 0.3 is 6.18 Å². The molecule has 1 aliphatic heterocycles. The van der Waals surface area contributed by atoms with Crippen LogP contribution < -0.4 is 4.72 Å². The molecule has 0 saturated heterocycles. The maximum absolute atomic E-state index is 12.6. The topological polar surface area (TPSA) is 49.4 Å². The van der Waals surface area contributed by atoms with Crippen molar-refractivity contribution in [2.75, 3.05) is 31.0 Å². The predicted octanol–water partition coefficient (Wildman–Crippen LogP) is 4.30. The van der Waals surface area contributed by atoms with Crippen LogP contribution in [0.5, 0.6) is 0 Å². The molecule has 0 aromatic heterocycles. The van der Waals surface area contributed by atoms with Gasteiger partial charge in [-0.1, -0.05) is 6.07 Å². The van der Waals surface area contributed by atoms with Gasteiger partial charge in [0.25, 0.3) is 10.0 Å². The molecular formula is C19H21ClF4N2O2S. The molecule has 1 aliphatic rings. The minimum atomic E-state index is -4.53. The summed E-state index contributed by atoms with van der Waals surface area (Å²) in [6.07, 6.45) is -3.10. The zero-order valence-electron chi connectivity index (χ0n) is 15.4. The van der Waals surface area contributed by atoms with E-state index in [1.807, 2.05) is 11.0 Å². The smallest absolute Gasteiger partial charge is 0.300 e. The Morgan fingerprint density at radius 1 is 0.966 bits per heavy atom. The summed E-state index contributed by atoms with van der Waals surface area (Å²) in [6.45, 7) is 1.40. The molecule has 0 spiro atoms. The molecule has 3 rings (SSSR count). The molecule has 0 unspecified atom stereocenters. The van der Waals surface area contributed by atoms with E-state index >= 15 is 0 Å². The summed E-state index contributed by atoms with van der Waals surface area (Å²) >= 11 is 0. The lowest BCUT2D eigenvalue weighted by molar-refractivity contribution is -0.137. The number of benzene rings is 2. The Labute approximate surface area is 173 Å². The fourth-order valence-electron chi connectivity index (χ4n) is 3.22. The molecule has 0 aliphatic carbocycles. The van der Waals surface area contributed by atoms with E-state index in [1.54, 1.807) is 12.1 Å². The number of rotatable bonds is 5. The molecule has 1 heterocycles. The van der Waals surface area contributed by atoms with Gasteiger partial charge in [-0.05, 0) is 60.4 Å². The minimum absolute atomic E-state index is 0. The zero-order chi connectivity index (χ0) is 20.4. The van der Waals surface area contributed by atoms with Gasteiger partial charge in [0.2, 0.25) is 0 Å². The van der Waals surface area contributed by atoms with E-state index in [0.29, 0.717) is 25.2 Å². The Hall–Kier alpha value is -1.84.